The molecule has 11 N–H and O–H groups in total. The van der Waals surface area contributed by atoms with E-state index in [2.05, 4.69) is 70.5 Å². The second kappa shape index (κ2) is 21.1. The Morgan fingerprint density at radius 2 is 1.70 bits per heavy atom. The Hall–Kier alpha value is -5.75. The number of nitrogens with one attached hydrogen (secondary N) is 3. The number of carbonyl (C=O) groups is 2. The van der Waals surface area contributed by atoms with E-state index < -0.39 is 93.6 Å². The summed E-state index contributed by atoms with van der Waals surface area (Å²) in [6.07, 6.45) is -2.99. The van der Waals surface area contributed by atoms with Crippen LogP contribution in [0.1, 0.15) is 71.7 Å². The molecule has 34 heteroatoms. The quantitative estimate of drug-likeness (QED) is 0.0243. The van der Waals surface area contributed by atoms with E-state index in [-0.39, 0.29) is 55.1 Å². The Balaban J connectivity index is 0.925. The van der Waals surface area contributed by atoms with Crippen molar-refractivity contribution in [2.75, 3.05) is 49.2 Å². The lowest BCUT2D eigenvalue weighted by molar-refractivity contribution is -0.121. The summed E-state index contributed by atoms with van der Waals surface area (Å²) >= 11 is 0. The van der Waals surface area contributed by atoms with Gasteiger partial charge in [0.15, 0.2) is 40.5 Å². The van der Waals surface area contributed by atoms with Gasteiger partial charge < -0.3 is 60.2 Å². The van der Waals surface area contributed by atoms with Crippen molar-refractivity contribution in [1.82, 2.24) is 34.7 Å². The first-order chi connectivity index (χ1) is 35.7. The summed E-state index contributed by atoms with van der Waals surface area (Å²) in [4.78, 5) is 93.4. The molecule has 418 valence electrons. The van der Waals surface area contributed by atoms with Gasteiger partial charge in [-0.05, 0) is 57.0 Å². The van der Waals surface area contributed by atoms with Crippen LogP contribution in [0.15, 0.2) is 52.5 Å². The predicted octanol–water partition coefficient (Wildman–Crippen LogP) is 1.63. The predicted molar refractivity (Wildman–Crippen MR) is 272 cm³/mol. The number of ether oxygens (including phenoxy) is 3. The van der Waals surface area contributed by atoms with Crippen molar-refractivity contribution in [3.8, 4) is 11.5 Å². The van der Waals surface area contributed by atoms with Gasteiger partial charge in [-0.15, -0.1) is 0 Å². The number of aliphatic hydroxyl groups excluding tert-OH is 1. The van der Waals surface area contributed by atoms with E-state index in [1.165, 1.54) is 0 Å². The molecule has 0 saturated carbocycles. The molecule has 30 nitrogen and oxygen atoms in total. The topological polar surface area (TPSA) is 429 Å². The minimum Gasteiger partial charge on any atom is -0.452 e. The number of nitrogens with zero attached hydrogens (tertiary/aromatic N) is 6. The Kier molecular flexibility index (Phi) is 15.8. The molecule has 4 aliphatic heterocycles. The van der Waals surface area contributed by atoms with Gasteiger partial charge in [0.25, 0.3) is 15.7 Å². The molecule has 6 heterocycles. The molecule has 0 bridgehead atoms. The van der Waals surface area contributed by atoms with E-state index in [0.717, 1.165) is 34.3 Å². The van der Waals surface area contributed by atoms with Gasteiger partial charge in [-0.2, -0.15) is 22.0 Å². The number of carbonyl (C=O) groups excluding carboxylic acids is 2. The number of phosphoric acid groups is 3. The number of hydrogen-bond donors (Lipinski definition) is 10. The number of amides is 2. The molecule has 4 aromatic rings. The number of anilines is 2. The van der Waals surface area contributed by atoms with E-state index in [9.17, 15) is 55.9 Å². The van der Waals surface area contributed by atoms with Gasteiger partial charge >= 0.3 is 29.6 Å². The molecular weight excluding hydrogens is 1100 g/mol. The number of nitrogens with two attached hydrogens (primary N) is 1. The SMILES string of the molecule is CCN1c2cc3c(cc2C(C)=CC1(C)C)N=c1cc2c(cc1O3)=[N+](CCCC(=O)NCCNC(=O)O[C@@H]1[C@H](O)[C@@H](COP(=O)(O)OP(=O)(O)OP(=O)(O)O)O[C@H]1n1cnc3c(=O)[nH]c(N)nc31)C(C)(C)C=C2CS(=O)(=O)O. The number of aromatic amines is 1. The number of fused-ring (bicyclic) bond motifs is 5. The minimum atomic E-state index is -5.91. The number of nitrogen functional groups attached to an aromatic ring is 1. The number of allylic oxidation sites excluding steroid dienone is 1. The average molecular weight is 1160 g/mol. The van der Waals surface area contributed by atoms with Gasteiger partial charge in [-0.1, -0.05) is 6.08 Å². The first-order valence-electron chi connectivity index (χ1n) is 23.5. The van der Waals surface area contributed by atoms with Crippen molar-refractivity contribution in [3.63, 3.8) is 0 Å². The molecule has 2 unspecified atom stereocenters. The average Bonchev–Trinajstić information content (AvgIpc) is 3.84. The molecule has 2 aromatic heterocycles. The van der Waals surface area contributed by atoms with E-state index in [1.807, 2.05) is 37.5 Å². The molecule has 1 saturated heterocycles. The fourth-order valence-corrected chi connectivity index (χ4v) is 13.4. The van der Waals surface area contributed by atoms with Crippen molar-refractivity contribution >= 4 is 85.2 Å². The number of benzene rings is 2. The van der Waals surface area contributed by atoms with Gasteiger partial charge in [0.05, 0.1) is 30.1 Å². The van der Waals surface area contributed by atoms with Crippen LogP contribution < -0.4 is 46.9 Å². The maximum atomic E-state index is 13.2. The number of rotatable bonds is 19. The molecule has 77 heavy (non-hydrogen) atoms. The fourth-order valence-electron chi connectivity index (χ4n) is 9.74. The van der Waals surface area contributed by atoms with Crippen molar-refractivity contribution < 1.29 is 88.3 Å². The van der Waals surface area contributed by atoms with E-state index in [1.54, 1.807) is 18.2 Å². The summed E-state index contributed by atoms with van der Waals surface area (Å²) in [6.45, 7) is 11.7. The smallest absolute Gasteiger partial charge is 0.452 e. The van der Waals surface area contributed by atoms with Crippen molar-refractivity contribution in [2.45, 2.75) is 90.0 Å². The molecule has 1 fully saturated rings. The second-order valence-corrected chi connectivity index (χ2v) is 25.2. The van der Waals surface area contributed by atoms with Gasteiger partial charge in [-0.3, -0.25) is 28.2 Å². The molecule has 2 aromatic carbocycles. The summed E-state index contributed by atoms with van der Waals surface area (Å²) in [5.41, 5.74) is 7.90. The normalized spacial score (nSPS) is 21.9. The highest BCUT2D eigenvalue weighted by atomic mass is 32.2. The number of phosphoric ester groups is 1. The largest absolute Gasteiger partial charge is 0.490 e. The van der Waals surface area contributed by atoms with Crippen LogP contribution in [0.3, 0.4) is 0 Å². The Morgan fingerprint density at radius 3 is 2.39 bits per heavy atom. The zero-order valence-corrected chi connectivity index (χ0v) is 45.4. The summed E-state index contributed by atoms with van der Waals surface area (Å²) in [5.74, 6) is -0.481. The summed E-state index contributed by atoms with van der Waals surface area (Å²) < 4.78 is 103. The molecular formula is C43H56N10O20P3S+. The van der Waals surface area contributed by atoms with Gasteiger partial charge in [-0.25, -0.2) is 33.0 Å². The summed E-state index contributed by atoms with van der Waals surface area (Å²) in [6, 6.07) is 7.46. The maximum Gasteiger partial charge on any atom is 0.490 e. The first kappa shape index (κ1) is 57.4. The molecule has 2 amide bonds. The number of hydrogen-bond acceptors (Lipinski definition) is 20. The number of likely N-dealkylation sites (N-methyl/N-ethyl adjacent to an activating group) is 1. The van der Waals surface area contributed by atoms with E-state index in [0.29, 0.717) is 39.0 Å². The molecule has 8 rings (SSSR count). The molecule has 6 atom stereocenters. The molecule has 0 spiro atoms. The van der Waals surface area contributed by atoms with E-state index in [4.69, 9.17) is 34.7 Å². The van der Waals surface area contributed by atoms with Crippen molar-refractivity contribution in [1.29, 1.82) is 0 Å². The summed E-state index contributed by atoms with van der Waals surface area (Å²) in [7, 11) is -21.8. The Labute approximate surface area is 437 Å². The van der Waals surface area contributed by atoms with Crippen LogP contribution in [0.2, 0.25) is 0 Å². The number of alkyl carbamates (subject to hydrolysis) is 1. The minimum absolute atomic E-state index is 0.00327. The Morgan fingerprint density at radius 1 is 0.987 bits per heavy atom. The highest BCUT2D eigenvalue weighted by Gasteiger charge is 2.50. The zero-order chi connectivity index (χ0) is 56.4. The zero-order valence-electron chi connectivity index (χ0n) is 41.9. The monoisotopic (exact) mass is 1160 g/mol. The second-order valence-electron chi connectivity index (χ2n) is 19.3. The van der Waals surface area contributed by atoms with Crippen LogP contribution in [0.4, 0.5) is 22.1 Å². The van der Waals surface area contributed by atoms with Gasteiger partial charge in [0, 0.05) is 63.6 Å². The van der Waals surface area contributed by atoms with Crippen LogP contribution in [-0.2, 0) is 51.2 Å². The van der Waals surface area contributed by atoms with Gasteiger partial charge in [0.1, 0.15) is 35.6 Å². The van der Waals surface area contributed by atoms with Crippen LogP contribution in [0.5, 0.6) is 11.5 Å². The maximum absolute atomic E-state index is 13.2. The third kappa shape index (κ3) is 12.9. The highest BCUT2D eigenvalue weighted by molar-refractivity contribution is 7.86. The Bertz CT molecular complexity index is 3600. The summed E-state index contributed by atoms with van der Waals surface area (Å²) in [5, 5.41) is 17.4. The molecule has 4 aliphatic rings. The standard InChI is InChI=1S/C43H55N10O20P3S/c1-7-52-28-15-30-26(13-24(28)22(2)17-42(52,3)4)48-27-14-25-23(20-77(65,66)67)18-43(5,6)53(29(25)16-31(27)69-30)12-8-9-33(54)45-10-11-46-41(57)71-36-35(55)32(19-68-75(61,62)73-76(63,64)72-74(58,59)60)70-39(36)51-21-47-34-37(51)49-40(44)50-38(34)56/h13-18,21,32,35-36,39,55H,7-12,19-20H2,1-6H3,(H9-,44,45,46,49,50,54,56,57,58,59,60,61,62,63,64,65,66,67)/p+1/t32-,35-,36-,39-/m1/s1. The van der Waals surface area contributed by atoms with Crippen LogP contribution in [0.25, 0.3) is 22.3 Å². The number of aliphatic hydroxyl groups is 1. The lowest BCUT2D eigenvalue weighted by Crippen LogP contribution is -2.50. The third-order valence-electron chi connectivity index (χ3n) is 12.7. The molecule has 0 aliphatic carbocycles. The third-order valence-corrected chi connectivity index (χ3v) is 17.2. The number of aromatic nitrogens is 4. The number of H-pyrrole nitrogens is 1. The molecule has 0 radical (unpaired) electrons. The van der Waals surface area contributed by atoms with Crippen LogP contribution in [0, 0.1) is 0 Å². The van der Waals surface area contributed by atoms with E-state index >= 15 is 0 Å². The van der Waals surface area contributed by atoms with Crippen LogP contribution in [-0.4, -0.2) is 137 Å². The van der Waals surface area contributed by atoms with Crippen molar-refractivity contribution in [2.24, 2.45) is 4.99 Å². The lowest BCUT2D eigenvalue weighted by atomic mass is 9.88. The van der Waals surface area contributed by atoms with Crippen molar-refractivity contribution in [3.05, 3.63) is 74.9 Å². The van der Waals surface area contributed by atoms with Gasteiger partial charge in [0.2, 0.25) is 17.2 Å². The fraction of sp³-hybridized carbons (Fsp3) is 0.465. The van der Waals surface area contributed by atoms with Crippen LogP contribution >= 0.6 is 23.5 Å². The highest BCUT2D eigenvalue weighted by Crippen LogP contribution is 2.66. The lowest BCUT2D eigenvalue weighted by Gasteiger charge is -2.43. The first-order valence-corrected chi connectivity index (χ1v) is 29.6. The number of imidazole rings is 1.